The van der Waals surface area contributed by atoms with Gasteiger partial charge < -0.3 is 11.1 Å². The number of fused-ring (bicyclic) bond motifs is 1. The van der Waals surface area contributed by atoms with Crippen molar-refractivity contribution in [2.24, 2.45) is 5.73 Å². The molecule has 1 heterocycles. The van der Waals surface area contributed by atoms with Crippen LogP contribution in [0.5, 0.6) is 0 Å². The van der Waals surface area contributed by atoms with Crippen LogP contribution < -0.4 is 11.1 Å². The highest BCUT2D eigenvalue weighted by Crippen LogP contribution is 2.16. The standard InChI is InChI=1S/C16H16N4O2/c17-9-4-3-7-14(15(18)21)20-16(22)12-8-10-19-13-6-2-1-5-11(12)13/h1-2,5-6,8,10,14H,3-4,7H2,(H2,18,21)(H,20,22)/t14-/m0/s1. The van der Waals surface area contributed by atoms with Gasteiger partial charge in [0.2, 0.25) is 5.91 Å². The molecule has 0 saturated carbocycles. The van der Waals surface area contributed by atoms with E-state index in [0.717, 1.165) is 0 Å². The van der Waals surface area contributed by atoms with E-state index in [0.29, 0.717) is 35.7 Å². The Morgan fingerprint density at radius 1 is 1.32 bits per heavy atom. The van der Waals surface area contributed by atoms with Gasteiger partial charge in [0, 0.05) is 18.0 Å². The smallest absolute Gasteiger partial charge is 0.252 e. The van der Waals surface area contributed by atoms with Crippen LogP contribution in [-0.4, -0.2) is 22.8 Å². The fourth-order valence-electron chi connectivity index (χ4n) is 2.20. The van der Waals surface area contributed by atoms with Gasteiger partial charge in [-0.3, -0.25) is 14.6 Å². The first-order valence-electron chi connectivity index (χ1n) is 6.94. The van der Waals surface area contributed by atoms with Crippen molar-refractivity contribution in [1.29, 1.82) is 5.26 Å². The van der Waals surface area contributed by atoms with Crippen LogP contribution in [0.3, 0.4) is 0 Å². The summed E-state index contributed by atoms with van der Waals surface area (Å²) in [5, 5.41) is 11.9. The summed E-state index contributed by atoms with van der Waals surface area (Å²) in [5.41, 5.74) is 6.45. The lowest BCUT2D eigenvalue weighted by Gasteiger charge is -2.15. The van der Waals surface area contributed by atoms with E-state index in [4.69, 9.17) is 11.0 Å². The monoisotopic (exact) mass is 296 g/mol. The second-order valence-corrected chi connectivity index (χ2v) is 4.85. The van der Waals surface area contributed by atoms with Crippen molar-refractivity contribution in [3.63, 3.8) is 0 Å². The Bertz CT molecular complexity index is 731. The maximum atomic E-state index is 12.4. The summed E-state index contributed by atoms with van der Waals surface area (Å²) < 4.78 is 0. The third kappa shape index (κ3) is 3.58. The first-order valence-corrected chi connectivity index (χ1v) is 6.94. The molecule has 0 aliphatic carbocycles. The molecule has 22 heavy (non-hydrogen) atoms. The number of primary amides is 1. The molecule has 0 bridgehead atoms. The molecule has 0 spiro atoms. The molecule has 2 rings (SSSR count). The Balaban J connectivity index is 2.19. The number of unbranched alkanes of at least 4 members (excludes halogenated alkanes) is 1. The lowest BCUT2D eigenvalue weighted by atomic mass is 10.1. The molecular weight excluding hydrogens is 280 g/mol. The fraction of sp³-hybridized carbons (Fsp3) is 0.250. The number of carbonyl (C=O) groups excluding carboxylic acids is 2. The van der Waals surface area contributed by atoms with Crippen molar-refractivity contribution in [1.82, 2.24) is 10.3 Å². The molecule has 0 radical (unpaired) electrons. The molecule has 0 unspecified atom stereocenters. The quantitative estimate of drug-likeness (QED) is 0.787. The van der Waals surface area contributed by atoms with Crippen molar-refractivity contribution < 1.29 is 9.59 Å². The molecular formula is C16H16N4O2. The number of hydrogen-bond acceptors (Lipinski definition) is 4. The number of nitrogens with two attached hydrogens (primary N) is 1. The minimum atomic E-state index is -0.784. The summed E-state index contributed by atoms with van der Waals surface area (Å²) in [6, 6.07) is 10.1. The molecule has 0 saturated heterocycles. The van der Waals surface area contributed by atoms with Gasteiger partial charge in [-0.2, -0.15) is 5.26 Å². The Morgan fingerprint density at radius 3 is 2.82 bits per heavy atom. The van der Waals surface area contributed by atoms with E-state index in [1.54, 1.807) is 18.3 Å². The zero-order valence-electron chi connectivity index (χ0n) is 12.0. The number of aromatic nitrogens is 1. The van der Waals surface area contributed by atoms with Gasteiger partial charge >= 0.3 is 0 Å². The molecule has 0 aliphatic rings. The maximum Gasteiger partial charge on any atom is 0.252 e. The number of benzene rings is 1. The molecule has 0 fully saturated rings. The van der Waals surface area contributed by atoms with Crippen LogP contribution in [0.25, 0.3) is 10.9 Å². The van der Waals surface area contributed by atoms with Crippen LogP contribution in [0.2, 0.25) is 0 Å². The average Bonchev–Trinajstić information content (AvgIpc) is 2.53. The highest BCUT2D eigenvalue weighted by Gasteiger charge is 2.19. The minimum absolute atomic E-state index is 0.317. The second-order valence-electron chi connectivity index (χ2n) is 4.85. The highest BCUT2D eigenvalue weighted by molar-refractivity contribution is 6.07. The second kappa shape index (κ2) is 7.18. The SMILES string of the molecule is N#CCCC[C@H](NC(=O)c1ccnc2ccccc12)C(N)=O. The lowest BCUT2D eigenvalue weighted by Crippen LogP contribution is -2.44. The third-order valence-corrected chi connectivity index (χ3v) is 3.32. The summed E-state index contributed by atoms with van der Waals surface area (Å²) in [5.74, 6) is -0.982. The van der Waals surface area contributed by atoms with Gasteiger partial charge in [-0.15, -0.1) is 0 Å². The topological polar surface area (TPSA) is 109 Å². The number of para-hydroxylation sites is 1. The molecule has 6 nitrogen and oxygen atoms in total. The molecule has 1 aromatic carbocycles. The van der Waals surface area contributed by atoms with Crippen LogP contribution in [-0.2, 0) is 4.79 Å². The summed E-state index contributed by atoms with van der Waals surface area (Å²) in [6.07, 6.45) is 2.71. The molecule has 112 valence electrons. The van der Waals surface area contributed by atoms with E-state index in [9.17, 15) is 9.59 Å². The molecule has 1 aromatic heterocycles. The number of carbonyl (C=O) groups is 2. The van der Waals surface area contributed by atoms with Gasteiger partial charge in [0.1, 0.15) is 6.04 Å². The van der Waals surface area contributed by atoms with Gasteiger partial charge in [-0.25, -0.2) is 0 Å². The number of amides is 2. The Kier molecular flexibility index (Phi) is 5.04. The van der Waals surface area contributed by atoms with Crippen molar-refractivity contribution in [2.75, 3.05) is 0 Å². The number of pyridine rings is 1. The largest absolute Gasteiger partial charge is 0.368 e. The maximum absolute atomic E-state index is 12.4. The van der Waals surface area contributed by atoms with Crippen LogP contribution >= 0.6 is 0 Å². The van der Waals surface area contributed by atoms with Gasteiger partial charge in [0.05, 0.1) is 17.1 Å². The number of rotatable bonds is 6. The van der Waals surface area contributed by atoms with E-state index in [-0.39, 0.29) is 5.91 Å². The zero-order chi connectivity index (χ0) is 15.9. The Hall–Kier alpha value is -2.94. The number of nitriles is 1. The van der Waals surface area contributed by atoms with Gasteiger partial charge in [-0.05, 0) is 25.0 Å². The van der Waals surface area contributed by atoms with E-state index in [2.05, 4.69) is 10.3 Å². The van der Waals surface area contributed by atoms with Crippen LogP contribution in [0.1, 0.15) is 29.6 Å². The normalized spacial score (nSPS) is 11.6. The Morgan fingerprint density at radius 2 is 2.09 bits per heavy atom. The fourth-order valence-corrected chi connectivity index (χ4v) is 2.20. The molecule has 6 heteroatoms. The summed E-state index contributed by atoms with van der Waals surface area (Å²) in [4.78, 5) is 28.0. The van der Waals surface area contributed by atoms with Gasteiger partial charge in [0.15, 0.2) is 0 Å². The van der Waals surface area contributed by atoms with E-state index in [1.165, 1.54) is 0 Å². The number of hydrogen-bond donors (Lipinski definition) is 2. The van der Waals surface area contributed by atoms with Crippen molar-refractivity contribution in [3.05, 3.63) is 42.1 Å². The zero-order valence-corrected chi connectivity index (χ0v) is 12.0. The van der Waals surface area contributed by atoms with E-state index < -0.39 is 11.9 Å². The van der Waals surface area contributed by atoms with Gasteiger partial charge in [0.25, 0.3) is 5.91 Å². The van der Waals surface area contributed by atoms with Crippen molar-refractivity contribution in [3.8, 4) is 6.07 Å². The van der Waals surface area contributed by atoms with Gasteiger partial charge in [-0.1, -0.05) is 18.2 Å². The molecule has 2 aromatic rings. The predicted molar refractivity (Wildman–Crippen MR) is 81.7 cm³/mol. The third-order valence-electron chi connectivity index (χ3n) is 3.32. The first-order chi connectivity index (χ1) is 10.6. The average molecular weight is 296 g/mol. The summed E-state index contributed by atoms with van der Waals surface area (Å²) >= 11 is 0. The number of nitrogens with zero attached hydrogens (tertiary/aromatic N) is 2. The molecule has 3 N–H and O–H groups in total. The minimum Gasteiger partial charge on any atom is -0.368 e. The molecule has 0 aliphatic heterocycles. The Labute approximate surface area is 127 Å². The van der Waals surface area contributed by atoms with Crippen LogP contribution in [0.4, 0.5) is 0 Å². The van der Waals surface area contributed by atoms with Crippen LogP contribution in [0, 0.1) is 11.3 Å². The van der Waals surface area contributed by atoms with Crippen LogP contribution in [0.15, 0.2) is 36.5 Å². The van der Waals surface area contributed by atoms with E-state index >= 15 is 0 Å². The lowest BCUT2D eigenvalue weighted by molar-refractivity contribution is -0.120. The van der Waals surface area contributed by atoms with E-state index in [1.807, 2.05) is 24.3 Å². The van der Waals surface area contributed by atoms with Crippen molar-refractivity contribution in [2.45, 2.75) is 25.3 Å². The predicted octanol–water partition coefficient (Wildman–Crippen LogP) is 1.51. The highest BCUT2D eigenvalue weighted by atomic mass is 16.2. The number of nitrogens with one attached hydrogen (secondary N) is 1. The summed E-state index contributed by atoms with van der Waals surface area (Å²) in [6.45, 7) is 0. The van der Waals surface area contributed by atoms with Crippen molar-refractivity contribution >= 4 is 22.7 Å². The molecule has 2 amide bonds. The molecule has 1 atom stereocenters. The first kappa shape index (κ1) is 15.4. The summed E-state index contributed by atoms with van der Waals surface area (Å²) in [7, 11) is 0.